The molecule has 0 unspecified atom stereocenters. The van der Waals surface area contributed by atoms with Gasteiger partial charge in [-0.25, -0.2) is 14.6 Å². The van der Waals surface area contributed by atoms with E-state index in [0.717, 1.165) is 21.9 Å². The fourth-order valence-corrected chi connectivity index (χ4v) is 3.57. The fourth-order valence-electron chi connectivity index (χ4n) is 2.69. The second-order valence-corrected chi connectivity index (χ2v) is 7.32. The molecule has 0 saturated heterocycles. The quantitative estimate of drug-likeness (QED) is 0.394. The minimum absolute atomic E-state index is 0.649. The van der Waals surface area contributed by atoms with Crippen molar-refractivity contribution < 1.29 is 0 Å². The van der Waals surface area contributed by atoms with Crippen molar-refractivity contribution in [2.24, 2.45) is 0 Å². The van der Waals surface area contributed by atoms with Gasteiger partial charge in [0.15, 0.2) is 11.2 Å². The summed E-state index contributed by atoms with van der Waals surface area (Å²) in [6, 6.07) is 17.0. The zero-order valence-electron chi connectivity index (χ0n) is 14.8. The van der Waals surface area contributed by atoms with Crippen molar-refractivity contribution in [2.45, 2.75) is 31.2 Å². The van der Waals surface area contributed by atoms with E-state index in [-0.39, 0.29) is 0 Å². The Bertz CT molecular complexity index is 1020. The Morgan fingerprint density at radius 2 is 1.50 bits per heavy atom. The molecule has 0 amide bonds. The van der Waals surface area contributed by atoms with Crippen molar-refractivity contribution in [3.05, 3.63) is 77.1 Å². The van der Waals surface area contributed by atoms with Gasteiger partial charge >= 0.3 is 0 Å². The molecule has 4 rings (SSSR count). The van der Waals surface area contributed by atoms with Crippen LogP contribution in [0.25, 0.3) is 11.2 Å². The van der Waals surface area contributed by atoms with Gasteiger partial charge < -0.3 is 0 Å². The topological polar surface area (TPSA) is 56.5 Å². The first-order valence-electron chi connectivity index (χ1n) is 8.47. The Morgan fingerprint density at radius 1 is 0.846 bits per heavy atom. The van der Waals surface area contributed by atoms with Crippen LogP contribution in [-0.2, 0) is 12.3 Å². The summed E-state index contributed by atoms with van der Waals surface area (Å²) < 4.78 is 1.83. The van der Waals surface area contributed by atoms with Gasteiger partial charge in [0, 0.05) is 5.75 Å². The zero-order valence-corrected chi connectivity index (χ0v) is 15.6. The molecule has 2 heterocycles. The molecule has 0 aliphatic carbocycles. The second kappa shape index (κ2) is 7.25. The van der Waals surface area contributed by atoms with Crippen LogP contribution < -0.4 is 0 Å². The van der Waals surface area contributed by atoms with E-state index in [1.54, 1.807) is 18.1 Å². The van der Waals surface area contributed by atoms with Crippen molar-refractivity contribution >= 4 is 22.9 Å². The molecule has 0 aliphatic heterocycles. The molecule has 26 heavy (non-hydrogen) atoms. The van der Waals surface area contributed by atoms with Crippen LogP contribution in [0.5, 0.6) is 0 Å². The van der Waals surface area contributed by atoms with Crippen LogP contribution in [0.1, 0.15) is 22.3 Å². The number of hydrogen-bond donors (Lipinski definition) is 0. The van der Waals surface area contributed by atoms with Gasteiger partial charge in [-0.05, 0) is 25.0 Å². The van der Waals surface area contributed by atoms with E-state index in [9.17, 15) is 0 Å². The summed E-state index contributed by atoms with van der Waals surface area (Å²) in [5, 5.41) is 9.48. The minimum Gasteiger partial charge on any atom is -0.227 e. The van der Waals surface area contributed by atoms with Crippen molar-refractivity contribution in [3.63, 3.8) is 0 Å². The summed E-state index contributed by atoms with van der Waals surface area (Å²) in [6.07, 6.45) is 1.59. The SMILES string of the molecule is Cc1ccc(CSc2ncnc3c2nnn3Cc2ccc(C)cc2)cc1. The van der Waals surface area contributed by atoms with E-state index in [0.29, 0.717) is 6.54 Å². The van der Waals surface area contributed by atoms with Gasteiger partial charge in [0.2, 0.25) is 0 Å². The molecule has 0 atom stereocenters. The third-order valence-corrected chi connectivity index (χ3v) is 5.27. The molecule has 0 aliphatic rings. The van der Waals surface area contributed by atoms with Crippen LogP contribution in [0.4, 0.5) is 0 Å². The lowest BCUT2D eigenvalue weighted by Crippen LogP contribution is -2.03. The van der Waals surface area contributed by atoms with Gasteiger partial charge in [-0.1, -0.05) is 76.6 Å². The number of fused-ring (bicyclic) bond motifs is 1. The number of thioether (sulfide) groups is 1. The van der Waals surface area contributed by atoms with Gasteiger partial charge in [-0.3, -0.25) is 0 Å². The molecule has 130 valence electrons. The molecule has 2 aromatic carbocycles. The summed E-state index contributed by atoms with van der Waals surface area (Å²) in [4.78, 5) is 8.80. The normalized spacial score (nSPS) is 11.2. The van der Waals surface area contributed by atoms with E-state index >= 15 is 0 Å². The number of hydrogen-bond acceptors (Lipinski definition) is 5. The van der Waals surface area contributed by atoms with Crippen LogP contribution in [0.15, 0.2) is 59.9 Å². The number of nitrogens with zero attached hydrogens (tertiary/aromatic N) is 5. The van der Waals surface area contributed by atoms with Gasteiger partial charge in [-0.15, -0.1) is 5.10 Å². The molecule has 0 N–H and O–H groups in total. The molecular formula is C20H19N5S. The molecule has 0 saturated carbocycles. The highest BCUT2D eigenvalue weighted by molar-refractivity contribution is 7.98. The third-order valence-electron chi connectivity index (χ3n) is 4.22. The van der Waals surface area contributed by atoms with Gasteiger partial charge in [0.1, 0.15) is 11.4 Å². The second-order valence-electron chi connectivity index (χ2n) is 6.36. The van der Waals surface area contributed by atoms with Crippen LogP contribution >= 0.6 is 11.8 Å². The Kier molecular flexibility index (Phi) is 4.67. The molecule has 2 aromatic heterocycles. The first-order valence-corrected chi connectivity index (χ1v) is 9.46. The highest BCUT2D eigenvalue weighted by Crippen LogP contribution is 2.26. The lowest BCUT2D eigenvalue weighted by Gasteiger charge is -2.04. The largest absolute Gasteiger partial charge is 0.227 e. The highest BCUT2D eigenvalue weighted by Gasteiger charge is 2.12. The fraction of sp³-hybridized carbons (Fsp3) is 0.200. The van der Waals surface area contributed by atoms with E-state index < -0.39 is 0 Å². The van der Waals surface area contributed by atoms with Crippen molar-refractivity contribution in [3.8, 4) is 0 Å². The van der Waals surface area contributed by atoms with Crippen molar-refractivity contribution in [2.75, 3.05) is 0 Å². The molecule has 0 radical (unpaired) electrons. The van der Waals surface area contributed by atoms with Crippen molar-refractivity contribution in [1.29, 1.82) is 0 Å². The minimum atomic E-state index is 0.649. The van der Waals surface area contributed by atoms with Crippen LogP contribution in [0.3, 0.4) is 0 Å². The number of benzene rings is 2. The smallest absolute Gasteiger partial charge is 0.183 e. The summed E-state index contributed by atoms with van der Waals surface area (Å²) in [6.45, 7) is 4.83. The average Bonchev–Trinajstić information content (AvgIpc) is 3.07. The molecule has 0 fully saturated rings. The number of rotatable bonds is 5. The summed E-state index contributed by atoms with van der Waals surface area (Å²) in [7, 11) is 0. The molecule has 5 nitrogen and oxygen atoms in total. The maximum absolute atomic E-state index is 4.41. The van der Waals surface area contributed by atoms with Gasteiger partial charge in [-0.2, -0.15) is 0 Å². The lowest BCUT2D eigenvalue weighted by atomic mass is 10.1. The van der Waals surface area contributed by atoms with Crippen LogP contribution in [0.2, 0.25) is 0 Å². The molecular weight excluding hydrogens is 342 g/mol. The summed E-state index contributed by atoms with van der Waals surface area (Å²) in [5.74, 6) is 0.844. The van der Waals surface area contributed by atoms with Gasteiger partial charge in [0.25, 0.3) is 0 Å². The monoisotopic (exact) mass is 361 g/mol. The van der Waals surface area contributed by atoms with E-state index in [2.05, 4.69) is 82.7 Å². The Morgan fingerprint density at radius 3 is 2.19 bits per heavy atom. The predicted octanol–water partition coefficient (Wildman–Crippen LogP) is 4.18. The maximum Gasteiger partial charge on any atom is 0.183 e. The van der Waals surface area contributed by atoms with Crippen LogP contribution in [-0.4, -0.2) is 25.0 Å². The zero-order chi connectivity index (χ0) is 17.9. The predicted molar refractivity (Wildman–Crippen MR) is 104 cm³/mol. The average molecular weight is 361 g/mol. The van der Waals surface area contributed by atoms with E-state index in [1.807, 2.05) is 4.68 Å². The molecule has 6 heteroatoms. The van der Waals surface area contributed by atoms with Crippen molar-refractivity contribution in [1.82, 2.24) is 25.0 Å². The number of aryl methyl sites for hydroxylation is 2. The number of aromatic nitrogens is 5. The molecule has 0 bridgehead atoms. The first kappa shape index (κ1) is 16.7. The maximum atomic E-state index is 4.41. The summed E-state index contributed by atoms with van der Waals surface area (Å²) >= 11 is 1.66. The molecule has 0 spiro atoms. The van der Waals surface area contributed by atoms with E-state index in [4.69, 9.17) is 0 Å². The summed E-state index contributed by atoms with van der Waals surface area (Å²) in [5.41, 5.74) is 6.48. The standard InChI is InChI=1S/C20H19N5S/c1-14-3-7-16(8-4-14)11-25-19-18(23-24-25)20(22-13-21-19)26-12-17-9-5-15(2)6-10-17/h3-10,13H,11-12H2,1-2H3. The lowest BCUT2D eigenvalue weighted by molar-refractivity contribution is 0.664. The first-order chi connectivity index (χ1) is 12.7. The Hall–Kier alpha value is -2.73. The Balaban J connectivity index is 1.56. The Labute approximate surface area is 156 Å². The van der Waals surface area contributed by atoms with Gasteiger partial charge in [0.05, 0.1) is 6.54 Å². The van der Waals surface area contributed by atoms with E-state index in [1.165, 1.54) is 22.3 Å². The highest BCUT2D eigenvalue weighted by atomic mass is 32.2. The van der Waals surface area contributed by atoms with Crippen LogP contribution in [0, 0.1) is 13.8 Å². The third kappa shape index (κ3) is 3.60. The molecule has 4 aromatic rings.